The molecule has 3 aliphatic heterocycles. The molecule has 3 unspecified atom stereocenters. The Morgan fingerprint density at radius 2 is 1.95 bits per heavy atom. The lowest BCUT2D eigenvalue weighted by Crippen LogP contribution is -2.49. The zero-order valence-corrected chi connectivity index (χ0v) is 11.6. The molecule has 3 fully saturated rings. The van der Waals surface area contributed by atoms with Gasteiger partial charge in [0.1, 0.15) is 0 Å². The van der Waals surface area contributed by atoms with Gasteiger partial charge in [-0.15, -0.1) is 0 Å². The van der Waals surface area contributed by atoms with Crippen LogP contribution >= 0.6 is 0 Å². The highest BCUT2D eigenvalue weighted by Crippen LogP contribution is 2.41. The van der Waals surface area contributed by atoms with Crippen LogP contribution in [-0.2, 0) is 9.53 Å². The third-order valence-electron chi connectivity index (χ3n) is 5.14. The lowest BCUT2D eigenvalue weighted by molar-refractivity contribution is -0.140. The fourth-order valence-corrected chi connectivity index (χ4v) is 4.16. The summed E-state index contributed by atoms with van der Waals surface area (Å²) in [4.78, 5) is 14.9. The highest BCUT2D eigenvalue weighted by atomic mass is 16.5. The SMILES string of the molecule is O=C(C1CCOC1)N1C2CCC1CC(n1cccn1)C2. The smallest absolute Gasteiger partial charge is 0.228 e. The molecule has 0 saturated carbocycles. The van der Waals surface area contributed by atoms with E-state index >= 15 is 0 Å². The van der Waals surface area contributed by atoms with Crippen molar-refractivity contribution in [2.45, 2.75) is 50.2 Å². The molecule has 1 aromatic heterocycles. The number of aromatic nitrogens is 2. The Morgan fingerprint density at radius 3 is 2.55 bits per heavy atom. The first kappa shape index (κ1) is 12.4. The lowest BCUT2D eigenvalue weighted by Gasteiger charge is -2.40. The normalized spacial score (nSPS) is 36.5. The summed E-state index contributed by atoms with van der Waals surface area (Å²) >= 11 is 0. The number of amides is 1. The van der Waals surface area contributed by atoms with Gasteiger partial charge in [-0.25, -0.2) is 0 Å². The summed E-state index contributed by atoms with van der Waals surface area (Å²) in [5.41, 5.74) is 0. The van der Waals surface area contributed by atoms with Crippen molar-refractivity contribution in [3.05, 3.63) is 18.5 Å². The maximum absolute atomic E-state index is 12.7. The zero-order chi connectivity index (χ0) is 13.5. The molecule has 5 heteroatoms. The Morgan fingerprint density at radius 1 is 1.15 bits per heavy atom. The molecule has 2 bridgehead atoms. The van der Waals surface area contributed by atoms with Crippen molar-refractivity contribution in [3.63, 3.8) is 0 Å². The van der Waals surface area contributed by atoms with E-state index in [1.54, 1.807) is 0 Å². The van der Waals surface area contributed by atoms with Gasteiger partial charge in [0.25, 0.3) is 0 Å². The van der Waals surface area contributed by atoms with Crippen molar-refractivity contribution in [2.75, 3.05) is 13.2 Å². The molecule has 20 heavy (non-hydrogen) atoms. The topological polar surface area (TPSA) is 47.4 Å². The number of fused-ring (bicyclic) bond motifs is 2. The predicted molar refractivity (Wildman–Crippen MR) is 73.1 cm³/mol. The number of hydrogen-bond acceptors (Lipinski definition) is 3. The number of carbonyl (C=O) groups excluding carboxylic acids is 1. The Balaban J connectivity index is 1.50. The number of piperidine rings is 1. The zero-order valence-electron chi connectivity index (χ0n) is 11.6. The highest BCUT2D eigenvalue weighted by Gasteiger charge is 2.45. The first-order valence-corrected chi connectivity index (χ1v) is 7.72. The van der Waals surface area contributed by atoms with Crippen molar-refractivity contribution >= 4 is 5.91 Å². The molecular weight excluding hydrogens is 254 g/mol. The van der Waals surface area contributed by atoms with Crippen LogP contribution in [0.3, 0.4) is 0 Å². The molecule has 4 heterocycles. The number of nitrogens with zero attached hydrogens (tertiary/aromatic N) is 3. The van der Waals surface area contributed by atoms with Crippen molar-refractivity contribution in [1.29, 1.82) is 0 Å². The summed E-state index contributed by atoms with van der Waals surface area (Å²) in [5.74, 6) is 0.452. The molecule has 3 atom stereocenters. The molecule has 108 valence electrons. The van der Waals surface area contributed by atoms with E-state index in [1.165, 1.54) is 0 Å². The van der Waals surface area contributed by atoms with Gasteiger partial charge in [-0.2, -0.15) is 5.10 Å². The van der Waals surface area contributed by atoms with E-state index in [0.717, 1.165) is 38.7 Å². The van der Waals surface area contributed by atoms with Gasteiger partial charge in [-0.05, 0) is 38.2 Å². The maximum Gasteiger partial charge on any atom is 0.228 e. The van der Waals surface area contributed by atoms with Crippen molar-refractivity contribution in [3.8, 4) is 0 Å². The van der Waals surface area contributed by atoms with Gasteiger partial charge in [0.15, 0.2) is 0 Å². The fraction of sp³-hybridized carbons (Fsp3) is 0.733. The minimum Gasteiger partial charge on any atom is -0.381 e. The van der Waals surface area contributed by atoms with E-state index in [-0.39, 0.29) is 5.92 Å². The average molecular weight is 275 g/mol. The van der Waals surface area contributed by atoms with Crippen molar-refractivity contribution in [1.82, 2.24) is 14.7 Å². The molecule has 0 N–H and O–H groups in total. The first-order chi connectivity index (χ1) is 9.83. The largest absolute Gasteiger partial charge is 0.381 e. The molecule has 3 saturated heterocycles. The van der Waals surface area contributed by atoms with Crippen LogP contribution in [0.2, 0.25) is 0 Å². The standard InChI is InChI=1S/C15H21N3O2/c19-15(11-4-7-20-10-11)18-12-2-3-13(18)9-14(8-12)17-6-1-5-16-17/h1,5-6,11-14H,2-4,7-10H2. The third kappa shape index (κ3) is 1.95. The molecule has 1 aromatic rings. The second kappa shape index (κ2) is 4.88. The second-order valence-electron chi connectivity index (χ2n) is 6.30. The van der Waals surface area contributed by atoms with Gasteiger partial charge in [0.2, 0.25) is 5.91 Å². The third-order valence-corrected chi connectivity index (χ3v) is 5.14. The molecular formula is C15H21N3O2. The summed E-state index contributed by atoms with van der Waals surface area (Å²) in [6.45, 7) is 1.37. The van der Waals surface area contributed by atoms with Crippen LogP contribution < -0.4 is 0 Å². The minimum atomic E-state index is 0.111. The van der Waals surface area contributed by atoms with E-state index in [9.17, 15) is 4.79 Å². The van der Waals surface area contributed by atoms with Crippen LogP contribution in [-0.4, -0.2) is 45.9 Å². The summed E-state index contributed by atoms with van der Waals surface area (Å²) in [7, 11) is 0. The minimum absolute atomic E-state index is 0.111. The van der Waals surface area contributed by atoms with Gasteiger partial charge >= 0.3 is 0 Å². The molecule has 5 nitrogen and oxygen atoms in total. The lowest BCUT2D eigenvalue weighted by atomic mass is 9.95. The quantitative estimate of drug-likeness (QED) is 0.824. The van der Waals surface area contributed by atoms with Crippen molar-refractivity contribution < 1.29 is 9.53 Å². The first-order valence-electron chi connectivity index (χ1n) is 7.72. The Kier molecular flexibility index (Phi) is 3.02. The molecule has 0 aliphatic carbocycles. The molecule has 0 aromatic carbocycles. The van der Waals surface area contributed by atoms with Gasteiger partial charge in [-0.3, -0.25) is 9.48 Å². The maximum atomic E-state index is 12.7. The van der Waals surface area contributed by atoms with Crippen LogP contribution in [0.5, 0.6) is 0 Å². The van der Waals surface area contributed by atoms with Crippen molar-refractivity contribution in [2.24, 2.45) is 5.92 Å². The number of ether oxygens (including phenoxy) is 1. The van der Waals surface area contributed by atoms with Crippen LogP contribution in [0.4, 0.5) is 0 Å². The molecule has 3 aliphatic rings. The molecule has 1 amide bonds. The van der Waals surface area contributed by atoms with E-state index in [4.69, 9.17) is 4.74 Å². The van der Waals surface area contributed by atoms with Crippen LogP contribution in [0.1, 0.15) is 38.1 Å². The second-order valence-corrected chi connectivity index (χ2v) is 6.30. The molecule has 0 radical (unpaired) electrons. The Bertz CT molecular complexity index is 467. The van der Waals surface area contributed by atoms with Gasteiger partial charge in [0, 0.05) is 31.1 Å². The molecule has 4 rings (SSSR count). The summed E-state index contributed by atoms with van der Waals surface area (Å²) < 4.78 is 7.45. The monoisotopic (exact) mass is 275 g/mol. The number of rotatable bonds is 2. The highest BCUT2D eigenvalue weighted by molar-refractivity contribution is 5.80. The van der Waals surface area contributed by atoms with Crippen LogP contribution in [0.25, 0.3) is 0 Å². The Labute approximate surface area is 118 Å². The fourth-order valence-electron chi connectivity index (χ4n) is 4.16. The van der Waals surface area contributed by atoms with Crippen LogP contribution in [0, 0.1) is 5.92 Å². The van der Waals surface area contributed by atoms with Gasteiger partial charge < -0.3 is 9.64 Å². The summed E-state index contributed by atoms with van der Waals surface area (Å²) in [6, 6.07) is 3.27. The van der Waals surface area contributed by atoms with E-state index in [2.05, 4.69) is 14.7 Å². The summed E-state index contributed by atoms with van der Waals surface area (Å²) in [5, 5.41) is 4.38. The predicted octanol–water partition coefficient (Wildman–Crippen LogP) is 1.61. The summed E-state index contributed by atoms with van der Waals surface area (Å²) in [6.07, 6.45) is 9.21. The van der Waals surface area contributed by atoms with E-state index in [0.29, 0.717) is 30.6 Å². The number of carbonyl (C=O) groups is 1. The molecule has 0 spiro atoms. The average Bonchev–Trinajstić information content (AvgIpc) is 3.18. The van der Waals surface area contributed by atoms with Gasteiger partial charge in [0.05, 0.1) is 18.6 Å². The van der Waals surface area contributed by atoms with Crippen LogP contribution in [0.15, 0.2) is 18.5 Å². The van der Waals surface area contributed by atoms with E-state index in [1.807, 2.05) is 18.5 Å². The van der Waals surface area contributed by atoms with Gasteiger partial charge in [-0.1, -0.05) is 0 Å². The Hall–Kier alpha value is -1.36. The van der Waals surface area contributed by atoms with E-state index < -0.39 is 0 Å². The number of hydrogen-bond donors (Lipinski definition) is 0.